The number of hydrogen-bond acceptors (Lipinski definition) is 2. The Labute approximate surface area is 69.7 Å². The molecule has 56 valence electrons. The molecule has 0 aromatic heterocycles. The summed E-state index contributed by atoms with van der Waals surface area (Å²) in [6, 6.07) is 5.64. The largest absolute Gasteiger partial charge is 0.383 e. The van der Waals surface area contributed by atoms with Gasteiger partial charge >= 0.3 is 0 Å². The lowest BCUT2D eigenvalue weighted by Crippen LogP contribution is -2.09. The zero-order chi connectivity index (χ0) is 7.84. The number of hydrogen-bond donors (Lipinski definition) is 1. The van der Waals surface area contributed by atoms with Gasteiger partial charge in [0.2, 0.25) is 0 Å². The minimum absolute atomic E-state index is 0.622. The molecule has 2 rings (SSSR count). The second-order valence-electron chi connectivity index (χ2n) is 2.50. The van der Waals surface area contributed by atoms with Crippen molar-refractivity contribution >= 4 is 17.4 Å². The summed E-state index contributed by atoms with van der Waals surface area (Å²) in [5.74, 6) is 0.622. The summed E-state index contributed by atoms with van der Waals surface area (Å²) < 4.78 is 0. The molecule has 0 bridgehead atoms. The van der Waals surface area contributed by atoms with Crippen LogP contribution in [0.1, 0.15) is 11.1 Å². The molecular weight excluding hydrogens is 160 g/mol. The second-order valence-corrected chi connectivity index (χ2v) is 2.94. The van der Waals surface area contributed by atoms with Crippen molar-refractivity contribution < 1.29 is 0 Å². The first-order valence-electron chi connectivity index (χ1n) is 3.36. The number of rotatable bonds is 0. The highest BCUT2D eigenvalue weighted by Crippen LogP contribution is 2.20. The van der Waals surface area contributed by atoms with E-state index in [1.54, 1.807) is 0 Å². The van der Waals surface area contributed by atoms with Crippen molar-refractivity contribution in [3.63, 3.8) is 0 Å². The summed E-state index contributed by atoms with van der Waals surface area (Å²) in [5.41, 5.74) is 7.75. The predicted octanol–water partition coefficient (Wildman–Crippen LogP) is 1.56. The van der Waals surface area contributed by atoms with Gasteiger partial charge in [0.05, 0.1) is 6.54 Å². The highest BCUT2D eigenvalue weighted by atomic mass is 35.5. The SMILES string of the molecule is NC1=NCc2cc(Cl)ccc21. The molecule has 11 heavy (non-hydrogen) atoms. The number of amidine groups is 1. The van der Waals surface area contributed by atoms with Crippen molar-refractivity contribution in [2.75, 3.05) is 0 Å². The van der Waals surface area contributed by atoms with Gasteiger partial charge in [-0.3, -0.25) is 4.99 Å². The van der Waals surface area contributed by atoms with Crippen LogP contribution in [0.3, 0.4) is 0 Å². The number of aliphatic imine (C=N–C) groups is 1. The van der Waals surface area contributed by atoms with Crippen LogP contribution in [0.4, 0.5) is 0 Å². The van der Waals surface area contributed by atoms with E-state index >= 15 is 0 Å². The van der Waals surface area contributed by atoms with Gasteiger partial charge in [0.1, 0.15) is 5.84 Å². The third kappa shape index (κ3) is 0.994. The molecule has 0 unspecified atom stereocenters. The molecule has 1 aromatic carbocycles. The third-order valence-corrected chi connectivity index (χ3v) is 2.00. The first kappa shape index (κ1) is 6.68. The van der Waals surface area contributed by atoms with Crippen molar-refractivity contribution in [2.45, 2.75) is 6.54 Å². The van der Waals surface area contributed by atoms with Gasteiger partial charge in [-0.2, -0.15) is 0 Å². The zero-order valence-electron chi connectivity index (χ0n) is 5.84. The fourth-order valence-corrected chi connectivity index (χ4v) is 1.39. The Morgan fingerprint density at radius 1 is 1.45 bits per heavy atom. The normalized spacial score (nSPS) is 14.5. The van der Waals surface area contributed by atoms with Crippen LogP contribution in [-0.2, 0) is 6.54 Å². The molecule has 0 fully saturated rings. The Morgan fingerprint density at radius 2 is 2.27 bits per heavy atom. The van der Waals surface area contributed by atoms with Gasteiger partial charge in [-0.1, -0.05) is 11.6 Å². The number of halogens is 1. The Kier molecular flexibility index (Phi) is 1.36. The minimum Gasteiger partial charge on any atom is -0.383 e. The summed E-state index contributed by atoms with van der Waals surface area (Å²) >= 11 is 5.78. The van der Waals surface area contributed by atoms with Crippen LogP contribution in [0.2, 0.25) is 5.02 Å². The molecule has 0 radical (unpaired) electrons. The van der Waals surface area contributed by atoms with Gasteiger partial charge in [0, 0.05) is 10.6 Å². The molecule has 0 aliphatic carbocycles. The Hall–Kier alpha value is -1.02. The van der Waals surface area contributed by atoms with E-state index in [0.29, 0.717) is 12.4 Å². The summed E-state index contributed by atoms with van der Waals surface area (Å²) in [5, 5.41) is 0.744. The van der Waals surface area contributed by atoms with Crippen LogP contribution >= 0.6 is 11.6 Å². The van der Waals surface area contributed by atoms with Crippen LogP contribution in [0.5, 0.6) is 0 Å². The standard InChI is InChI=1S/C8H7ClN2/c9-6-1-2-7-5(3-6)4-11-8(7)10/h1-3H,4H2,(H2,10,11). The quantitative estimate of drug-likeness (QED) is 0.624. The molecule has 1 aliphatic heterocycles. The molecule has 1 aliphatic rings. The Balaban J connectivity index is 2.58. The number of benzene rings is 1. The van der Waals surface area contributed by atoms with E-state index in [9.17, 15) is 0 Å². The summed E-state index contributed by atoms with van der Waals surface area (Å²) in [6.07, 6.45) is 0. The zero-order valence-corrected chi connectivity index (χ0v) is 6.60. The van der Waals surface area contributed by atoms with Crippen molar-refractivity contribution in [3.05, 3.63) is 34.3 Å². The fraction of sp³-hybridized carbons (Fsp3) is 0.125. The minimum atomic E-state index is 0.622. The van der Waals surface area contributed by atoms with E-state index in [1.165, 1.54) is 0 Å². The van der Waals surface area contributed by atoms with Gasteiger partial charge in [0.15, 0.2) is 0 Å². The predicted molar refractivity (Wildman–Crippen MR) is 45.9 cm³/mol. The van der Waals surface area contributed by atoms with E-state index in [1.807, 2.05) is 18.2 Å². The summed E-state index contributed by atoms with van der Waals surface area (Å²) in [4.78, 5) is 4.08. The van der Waals surface area contributed by atoms with Crippen molar-refractivity contribution in [1.29, 1.82) is 0 Å². The maximum absolute atomic E-state index is 5.78. The monoisotopic (exact) mass is 166 g/mol. The molecule has 2 nitrogen and oxygen atoms in total. The van der Waals surface area contributed by atoms with Crippen molar-refractivity contribution in [2.24, 2.45) is 10.7 Å². The fourth-order valence-electron chi connectivity index (χ4n) is 1.20. The van der Waals surface area contributed by atoms with Gasteiger partial charge in [-0.05, 0) is 23.8 Å². The van der Waals surface area contributed by atoms with Crippen LogP contribution in [0, 0.1) is 0 Å². The molecule has 0 amide bonds. The lowest BCUT2D eigenvalue weighted by Gasteiger charge is -1.97. The van der Waals surface area contributed by atoms with E-state index < -0.39 is 0 Å². The van der Waals surface area contributed by atoms with E-state index in [4.69, 9.17) is 17.3 Å². The van der Waals surface area contributed by atoms with Crippen molar-refractivity contribution in [1.82, 2.24) is 0 Å². The van der Waals surface area contributed by atoms with Crippen molar-refractivity contribution in [3.8, 4) is 0 Å². The molecule has 0 atom stereocenters. The number of fused-ring (bicyclic) bond motifs is 1. The van der Waals surface area contributed by atoms with Crippen LogP contribution in [0.15, 0.2) is 23.2 Å². The van der Waals surface area contributed by atoms with Crippen LogP contribution < -0.4 is 5.73 Å². The molecule has 3 heteroatoms. The van der Waals surface area contributed by atoms with Crippen LogP contribution in [0.25, 0.3) is 0 Å². The van der Waals surface area contributed by atoms with Gasteiger partial charge in [-0.15, -0.1) is 0 Å². The first-order valence-corrected chi connectivity index (χ1v) is 3.74. The average Bonchev–Trinajstić information content (AvgIpc) is 2.32. The molecule has 1 aromatic rings. The maximum atomic E-state index is 5.78. The molecule has 0 saturated heterocycles. The smallest absolute Gasteiger partial charge is 0.126 e. The van der Waals surface area contributed by atoms with E-state index in [2.05, 4.69) is 4.99 Å². The lowest BCUT2D eigenvalue weighted by atomic mass is 10.1. The number of nitrogens with zero attached hydrogens (tertiary/aromatic N) is 1. The molecule has 0 saturated carbocycles. The maximum Gasteiger partial charge on any atom is 0.126 e. The Bertz CT molecular complexity index is 331. The summed E-state index contributed by atoms with van der Waals surface area (Å²) in [6.45, 7) is 0.668. The van der Waals surface area contributed by atoms with E-state index in [0.717, 1.165) is 16.1 Å². The van der Waals surface area contributed by atoms with Crippen LogP contribution in [-0.4, -0.2) is 5.84 Å². The highest BCUT2D eigenvalue weighted by molar-refractivity contribution is 6.30. The Morgan fingerprint density at radius 3 is 3.09 bits per heavy atom. The first-order chi connectivity index (χ1) is 5.27. The molecule has 2 N–H and O–H groups in total. The number of nitrogens with two attached hydrogens (primary N) is 1. The molecule has 0 spiro atoms. The van der Waals surface area contributed by atoms with Gasteiger partial charge in [-0.25, -0.2) is 0 Å². The second kappa shape index (κ2) is 2.24. The third-order valence-electron chi connectivity index (χ3n) is 1.76. The molecule has 1 heterocycles. The van der Waals surface area contributed by atoms with E-state index in [-0.39, 0.29) is 0 Å². The molecular formula is C8H7ClN2. The average molecular weight is 167 g/mol. The topological polar surface area (TPSA) is 38.4 Å². The lowest BCUT2D eigenvalue weighted by molar-refractivity contribution is 1.11. The summed E-state index contributed by atoms with van der Waals surface area (Å²) in [7, 11) is 0. The highest BCUT2D eigenvalue weighted by Gasteiger charge is 2.11. The van der Waals surface area contributed by atoms with Gasteiger partial charge in [0.25, 0.3) is 0 Å². The van der Waals surface area contributed by atoms with Gasteiger partial charge < -0.3 is 5.73 Å².